The van der Waals surface area contributed by atoms with Gasteiger partial charge in [0.15, 0.2) is 0 Å². The van der Waals surface area contributed by atoms with Crippen molar-refractivity contribution in [1.82, 2.24) is 0 Å². The van der Waals surface area contributed by atoms with Crippen LogP contribution in [0.4, 0.5) is 0 Å². The molecule has 0 heterocycles. The van der Waals surface area contributed by atoms with Crippen molar-refractivity contribution in [3.63, 3.8) is 0 Å². The van der Waals surface area contributed by atoms with Gasteiger partial charge in [-0.1, -0.05) is 26.3 Å². The monoisotopic (exact) mass is 416 g/mol. The summed E-state index contributed by atoms with van der Waals surface area (Å²) in [6.07, 6.45) is 2.53. The molecule has 6 heteroatoms. The molecule has 1 aromatic rings. The van der Waals surface area contributed by atoms with Gasteiger partial charge >= 0.3 is 11.9 Å². The molecule has 2 aliphatic carbocycles. The number of ether oxygens (including phenoxy) is 2. The van der Waals surface area contributed by atoms with Crippen molar-refractivity contribution in [3.8, 4) is 5.75 Å². The van der Waals surface area contributed by atoms with Crippen LogP contribution in [0.2, 0.25) is 0 Å². The average Bonchev–Trinajstić information content (AvgIpc) is 2.89. The number of aromatic hydroxyl groups is 1. The number of benzene rings is 1. The molecule has 1 saturated carbocycles. The van der Waals surface area contributed by atoms with Crippen molar-refractivity contribution in [2.24, 2.45) is 17.3 Å². The van der Waals surface area contributed by atoms with Crippen molar-refractivity contribution >= 4 is 11.9 Å². The van der Waals surface area contributed by atoms with Gasteiger partial charge in [-0.15, -0.1) is 0 Å². The van der Waals surface area contributed by atoms with E-state index in [-0.39, 0.29) is 17.6 Å². The van der Waals surface area contributed by atoms with Gasteiger partial charge in [-0.2, -0.15) is 0 Å². The van der Waals surface area contributed by atoms with Gasteiger partial charge in [0.05, 0.1) is 11.2 Å². The third kappa shape index (κ3) is 3.97. The zero-order valence-corrected chi connectivity index (χ0v) is 18.3. The number of aliphatic hydroxyl groups is 1. The molecule has 0 bridgehead atoms. The number of fused-ring (bicyclic) bond motifs is 1. The number of rotatable bonds is 4. The molecule has 1 aromatic carbocycles. The van der Waals surface area contributed by atoms with Crippen LogP contribution < -0.4 is 0 Å². The minimum atomic E-state index is -1.05. The van der Waals surface area contributed by atoms with E-state index >= 15 is 0 Å². The zero-order valence-electron chi connectivity index (χ0n) is 18.3. The van der Waals surface area contributed by atoms with E-state index in [0.717, 1.165) is 5.57 Å². The first-order chi connectivity index (χ1) is 14.0. The first kappa shape index (κ1) is 22.3. The Labute approximate surface area is 177 Å². The predicted molar refractivity (Wildman–Crippen MR) is 112 cm³/mol. The van der Waals surface area contributed by atoms with E-state index in [0.29, 0.717) is 24.8 Å². The standard InChI is InChI=1S/C24H32O6/c1-14(2)24(28)11-10-23(5)20(29-16(4)25)13-15(3)12-19(21(23)24)30-22(27)17-6-8-18(26)9-7-17/h6-9,13-14,19-21,26,28H,10-12H2,1-5H3/t19-,20+,21+,23+,24+/m0/s1. The van der Waals surface area contributed by atoms with Crippen molar-refractivity contribution in [2.45, 2.75) is 71.7 Å². The van der Waals surface area contributed by atoms with Gasteiger partial charge in [-0.3, -0.25) is 4.79 Å². The van der Waals surface area contributed by atoms with Crippen molar-refractivity contribution < 1.29 is 29.3 Å². The van der Waals surface area contributed by atoms with Gasteiger partial charge in [0.25, 0.3) is 0 Å². The number of esters is 2. The second-order valence-corrected chi connectivity index (χ2v) is 9.37. The van der Waals surface area contributed by atoms with E-state index in [1.165, 1.54) is 31.2 Å². The Morgan fingerprint density at radius 3 is 2.33 bits per heavy atom. The van der Waals surface area contributed by atoms with E-state index < -0.39 is 35.1 Å². The number of hydrogen-bond acceptors (Lipinski definition) is 6. The molecule has 0 aromatic heterocycles. The molecule has 0 saturated heterocycles. The highest BCUT2D eigenvalue weighted by molar-refractivity contribution is 5.89. The van der Waals surface area contributed by atoms with Crippen LogP contribution in [0, 0.1) is 17.3 Å². The van der Waals surface area contributed by atoms with E-state index in [1.807, 2.05) is 33.8 Å². The molecule has 1 fully saturated rings. The second kappa shape index (κ2) is 8.06. The zero-order chi connectivity index (χ0) is 22.3. The summed E-state index contributed by atoms with van der Waals surface area (Å²) in [5.74, 6) is -1.26. The first-order valence-corrected chi connectivity index (χ1v) is 10.5. The van der Waals surface area contributed by atoms with Crippen molar-refractivity contribution in [3.05, 3.63) is 41.5 Å². The number of carbonyl (C=O) groups is 2. The summed E-state index contributed by atoms with van der Waals surface area (Å²) >= 11 is 0. The van der Waals surface area contributed by atoms with Gasteiger partial charge < -0.3 is 19.7 Å². The molecule has 30 heavy (non-hydrogen) atoms. The van der Waals surface area contributed by atoms with Crippen LogP contribution >= 0.6 is 0 Å². The summed E-state index contributed by atoms with van der Waals surface area (Å²) in [4.78, 5) is 24.7. The molecule has 0 aliphatic heterocycles. The highest BCUT2D eigenvalue weighted by Gasteiger charge is 2.63. The third-order valence-corrected chi connectivity index (χ3v) is 6.95. The molecule has 2 aliphatic rings. The summed E-state index contributed by atoms with van der Waals surface area (Å²) in [6, 6.07) is 5.91. The van der Waals surface area contributed by atoms with Gasteiger partial charge in [0.2, 0.25) is 0 Å². The van der Waals surface area contributed by atoms with Crippen molar-refractivity contribution in [2.75, 3.05) is 0 Å². The molecule has 6 nitrogen and oxygen atoms in total. The number of hydrogen-bond donors (Lipinski definition) is 2. The Morgan fingerprint density at radius 1 is 1.13 bits per heavy atom. The fourth-order valence-corrected chi connectivity index (χ4v) is 5.28. The highest BCUT2D eigenvalue weighted by atomic mass is 16.6. The lowest BCUT2D eigenvalue weighted by atomic mass is 9.66. The topological polar surface area (TPSA) is 93.1 Å². The normalized spacial score (nSPS) is 33.4. The average molecular weight is 417 g/mol. The van der Waals surface area contributed by atoms with E-state index in [2.05, 4.69) is 0 Å². The van der Waals surface area contributed by atoms with Gasteiger partial charge in [-0.05, 0) is 56.0 Å². The summed E-state index contributed by atoms with van der Waals surface area (Å²) < 4.78 is 11.7. The van der Waals surface area contributed by atoms with Gasteiger partial charge in [-0.25, -0.2) is 4.79 Å². The molecular formula is C24H32O6. The maximum Gasteiger partial charge on any atom is 0.338 e. The van der Waals surface area contributed by atoms with Crippen LogP contribution in [0.15, 0.2) is 35.9 Å². The maximum atomic E-state index is 12.9. The molecule has 0 unspecified atom stereocenters. The molecule has 2 N–H and O–H groups in total. The maximum absolute atomic E-state index is 12.9. The Morgan fingerprint density at radius 2 is 1.77 bits per heavy atom. The summed E-state index contributed by atoms with van der Waals surface area (Å²) in [6.45, 7) is 9.27. The third-order valence-electron chi connectivity index (χ3n) is 6.95. The smallest absolute Gasteiger partial charge is 0.338 e. The Kier molecular flexibility index (Phi) is 6.01. The Bertz CT molecular complexity index is 842. The van der Waals surface area contributed by atoms with Gasteiger partial charge in [0.1, 0.15) is 18.0 Å². The fourth-order valence-electron chi connectivity index (χ4n) is 5.28. The molecule has 3 rings (SSSR count). The molecule has 0 radical (unpaired) electrons. The minimum absolute atomic E-state index is 0.0596. The predicted octanol–water partition coefficient (Wildman–Crippen LogP) is 4.00. The van der Waals surface area contributed by atoms with Crippen LogP contribution in [0.3, 0.4) is 0 Å². The molecule has 0 amide bonds. The van der Waals surface area contributed by atoms with E-state index in [1.54, 1.807) is 0 Å². The highest BCUT2D eigenvalue weighted by Crippen LogP contribution is 2.58. The largest absolute Gasteiger partial charge is 0.508 e. The lowest BCUT2D eigenvalue weighted by Crippen LogP contribution is -2.53. The first-order valence-electron chi connectivity index (χ1n) is 10.5. The fraction of sp³-hybridized carbons (Fsp3) is 0.583. The quantitative estimate of drug-likeness (QED) is 0.569. The molecule has 164 valence electrons. The lowest BCUT2D eigenvalue weighted by Gasteiger charge is -2.45. The van der Waals surface area contributed by atoms with Gasteiger partial charge in [0, 0.05) is 24.7 Å². The molecule has 5 atom stereocenters. The van der Waals surface area contributed by atoms with Crippen LogP contribution in [-0.4, -0.2) is 40.0 Å². The van der Waals surface area contributed by atoms with Crippen LogP contribution in [-0.2, 0) is 14.3 Å². The lowest BCUT2D eigenvalue weighted by molar-refractivity contribution is -0.161. The number of phenolic OH excluding ortho intramolecular Hbond substituents is 1. The van der Waals surface area contributed by atoms with Crippen molar-refractivity contribution in [1.29, 1.82) is 0 Å². The Hall–Kier alpha value is -2.34. The summed E-state index contributed by atoms with van der Waals surface area (Å²) in [5, 5.41) is 21.2. The number of phenols is 1. The minimum Gasteiger partial charge on any atom is -0.508 e. The molecule has 0 spiro atoms. The Balaban J connectivity index is 2.01. The van der Waals surface area contributed by atoms with Crippen LogP contribution in [0.1, 0.15) is 64.2 Å². The van der Waals surface area contributed by atoms with Crippen LogP contribution in [0.25, 0.3) is 0 Å². The SMILES string of the molecule is CC(=O)O[C@@H]1C=C(C)C[C@H](OC(=O)c2ccc(O)cc2)[C@@H]2[C@]1(C)CC[C@@]2(O)C(C)C. The molecular weight excluding hydrogens is 384 g/mol. The second-order valence-electron chi connectivity index (χ2n) is 9.37. The van der Waals surface area contributed by atoms with E-state index in [4.69, 9.17) is 9.47 Å². The van der Waals surface area contributed by atoms with Crippen LogP contribution in [0.5, 0.6) is 5.75 Å². The van der Waals surface area contributed by atoms with E-state index in [9.17, 15) is 19.8 Å². The summed E-state index contributed by atoms with van der Waals surface area (Å²) in [7, 11) is 0. The number of carbonyl (C=O) groups excluding carboxylic acids is 2. The summed E-state index contributed by atoms with van der Waals surface area (Å²) in [5.41, 5.74) is -0.331.